The summed E-state index contributed by atoms with van der Waals surface area (Å²) >= 11 is 0. The van der Waals surface area contributed by atoms with Crippen molar-refractivity contribution in [2.45, 2.75) is 65.5 Å². The minimum atomic E-state index is -0.306. The predicted molar refractivity (Wildman–Crippen MR) is 151 cm³/mol. The maximum absolute atomic E-state index is 13.7. The molecule has 3 heterocycles. The highest BCUT2D eigenvalue weighted by atomic mass is 16.1. The zero-order chi connectivity index (χ0) is 26.4. The van der Waals surface area contributed by atoms with E-state index in [4.69, 9.17) is 0 Å². The Morgan fingerprint density at radius 1 is 0.921 bits per heavy atom. The average molecular weight is 512 g/mol. The van der Waals surface area contributed by atoms with Crippen molar-refractivity contribution in [2.75, 3.05) is 31.1 Å². The van der Waals surface area contributed by atoms with Crippen LogP contribution in [0.4, 0.5) is 5.69 Å². The first-order chi connectivity index (χ1) is 18.4. The van der Waals surface area contributed by atoms with E-state index in [1.807, 2.05) is 11.6 Å². The molecule has 6 rings (SSSR count). The van der Waals surface area contributed by atoms with Crippen LogP contribution in [0.3, 0.4) is 0 Å². The summed E-state index contributed by atoms with van der Waals surface area (Å²) in [6.45, 7) is 11.9. The standard InChI is InChI=1S/C30H37N7O/c1-19-8-7-11-26(22(19)4)35-14-16-36(17-15-35)28(29-32-33-34-37(29)23-9-5-6-10-23)25-18-24-20(2)12-13-21(3)27(24)31-30(25)38/h7-8,11-13,18,23,28H,5-6,9-10,14-17H2,1-4H3,(H,31,38)/t28-/m0/s1. The number of anilines is 1. The number of tetrazole rings is 1. The molecule has 1 saturated heterocycles. The van der Waals surface area contributed by atoms with Crippen LogP contribution in [0, 0.1) is 27.7 Å². The molecule has 198 valence electrons. The van der Waals surface area contributed by atoms with Gasteiger partial charge in [0.15, 0.2) is 5.82 Å². The molecule has 2 aromatic heterocycles. The summed E-state index contributed by atoms with van der Waals surface area (Å²) in [7, 11) is 0. The molecule has 0 radical (unpaired) electrons. The molecule has 2 fully saturated rings. The van der Waals surface area contributed by atoms with Crippen LogP contribution in [0.5, 0.6) is 0 Å². The monoisotopic (exact) mass is 511 g/mol. The summed E-state index contributed by atoms with van der Waals surface area (Å²) in [5, 5.41) is 14.2. The number of rotatable bonds is 5. The lowest BCUT2D eigenvalue weighted by Gasteiger charge is -2.40. The predicted octanol–water partition coefficient (Wildman–Crippen LogP) is 4.77. The van der Waals surface area contributed by atoms with Gasteiger partial charge in [0.25, 0.3) is 5.56 Å². The Morgan fingerprint density at radius 3 is 2.42 bits per heavy atom. The van der Waals surface area contributed by atoms with Gasteiger partial charge in [0, 0.05) is 42.8 Å². The van der Waals surface area contributed by atoms with Gasteiger partial charge in [0.05, 0.1) is 11.6 Å². The molecule has 4 aromatic rings. The van der Waals surface area contributed by atoms with Gasteiger partial charge in [-0.2, -0.15) is 0 Å². The third-order valence-corrected chi connectivity index (χ3v) is 8.80. The van der Waals surface area contributed by atoms with E-state index >= 15 is 0 Å². The van der Waals surface area contributed by atoms with Crippen molar-refractivity contribution < 1.29 is 0 Å². The summed E-state index contributed by atoms with van der Waals surface area (Å²) in [5.41, 5.74) is 7.74. The van der Waals surface area contributed by atoms with Crippen molar-refractivity contribution in [3.05, 3.63) is 80.4 Å². The Balaban J connectivity index is 1.41. The number of nitrogens with zero attached hydrogens (tertiary/aromatic N) is 6. The normalized spacial score (nSPS) is 17.9. The third kappa shape index (κ3) is 4.30. The van der Waals surface area contributed by atoms with Crippen LogP contribution in [-0.2, 0) is 0 Å². The highest BCUT2D eigenvalue weighted by Crippen LogP contribution is 2.35. The van der Waals surface area contributed by atoms with Crippen LogP contribution in [0.2, 0.25) is 0 Å². The van der Waals surface area contributed by atoms with Gasteiger partial charge in [-0.05, 0) is 85.3 Å². The molecule has 1 atom stereocenters. The maximum Gasteiger partial charge on any atom is 0.253 e. The molecular weight excluding hydrogens is 474 g/mol. The summed E-state index contributed by atoms with van der Waals surface area (Å²) in [6.07, 6.45) is 4.55. The molecule has 0 amide bonds. The molecule has 0 unspecified atom stereocenters. The topological polar surface area (TPSA) is 82.9 Å². The number of benzene rings is 2. The fourth-order valence-electron chi connectivity index (χ4n) is 6.38. The minimum absolute atomic E-state index is 0.0610. The second-order valence-electron chi connectivity index (χ2n) is 11.1. The van der Waals surface area contributed by atoms with Crippen LogP contribution in [-0.4, -0.2) is 56.3 Å². The summed E-state index contributed by atoms with van der Waals surface area (Å²) < 4.78 is 2.02. The number of aromatic amines is 1. The number of pyridine rings is 1. The van der Waals surface area contributed by atoms with Crippen molar-refractivity contribution in [1.82, 2.24) is 30.1 Å². The fraction of sp³-hybridized carbons (Fsp3) is 0.467. The second-order valence-corrected chi connectivity index (χ2v) is 11.1. The second kappa shape index (κ2) is 9.98. The van der Waals surface area contributed by atoms with Gasteiger partial charge >= 0.3 is 0 Å². The van der Waals surface area contributed by atoms with Gasteiger partial charge in [-0.3, -0.25) is 9.69 Å². The summed E-state index contributed by atoms with van der Waals surface area (Å²) in [4.78, 5) is 21.8. The van der Waals surface area contributed by atoms with Crippen molar-refractivity contribution in [3.63, 3.8) is 0 Å². The first-order valence-electron chi connectivity index (χ1n) is 13.9. The van der Waals surface area contributed by atoms with E-state index in [1.54, 1.807) is 0 Å². The number of nitrogens with one attached hydrogen (secondary N) is 1. The Kier molecular flexibility index (Phi) is 6.51. The highest BCUT2D eigenvalue weighted by Gasteiger charge is 2.35. The molecule has 1 aliphatic heterocycles. The van der Waals surface area contributed by atoms with Crippen molar-refractivity contribution in [3.8, 4) is 0 Å². The van der Waals surface area contributed by atoms with Gasteiger partial charge in [-0.1, -0.05) is 37.1 Å². The molecule has 1 aliphatic carbocycles. The van der Waals surface area contributed by atoms with Crippen molar-refractivity contribution >= 4 is 16.6 Å². The lowest BCUT2D eigenvalue weighted by Crippen LogP contribution is -2.49. The largest absolute Gasteiger partial charge is 0.369 e. The van der Waals surface area contributed by atoms with E-state index in [0.717, 1.165) is 72.4 Å². The number of aryl methyl sites for hydroxylation is 3. The number of hydrogen-bond acceptors (Lipinski definition) is 6. The Bertz CT molecular complexity index is 1520. The molecule has 0 spiro atoms. The molecule has 1 N–H and O–H groups in total. The highest BCUT2D eigenvalue weighted by molar-refractivity contribution is 5.85. The lowest BCUT2D eigenvalue weighted by molar-refractivity contribution is 0.196. The van der Waals surface area contributed by atoms with Crippen molar-refractivity contribution in [2.24, 2.45) is 0 Å². The maximum atomic E-state index is 13.7. The van der Waals surface area contributed by atoms with Gasteiger partial charge in [0.1, 0.15) is 6.04 Å². The zero-order valence-corrected chi connectivity index (χ0v) is 22.9. The van der Waals surface area contributed by atoms with E-state index in [9.17, 15) is 4.79 Å². The third-order valence-electron chi connectivity index (χ3n) is 8.80. The summed E-state index contributed by atoms with van der Waals surface area (Å²) in [5.74, 6) is 0.784. The minimum Gasteiger partial charge on any atom is -0.369 e. The molecule has 38 heavy (non-hydrogen) atoms. The van der Waals surface area contributed by atoms with E-state index in [1.165, 1.54) is 29.7 Å². The number of fused-ring (bicyclic) bond motifs is 1. The van der Waals surface area contributed by atoms with E-state index in [0.29, 0.717) is 6.04 Å². The van der Waals surface area contributed by atoms with Crippen LogP contribution < -0.4 is 10.5 Å². The van der Waals surface area contributed by atoms with Crippen LogP contribution in [0.1, 0.15) is 71.4 Å². The fourth-order valence-corrected chi connectivity index (χ4v) is 6.38. The van der Waals surface area contributed by atoms with Crippen LogP contribution in [0.25, 0.3) is 10.9 Å². The molecule has 8 nitrogen and oxygen atoms in total. The van der Waals surface area contributed by atoms with Gasteiger partial charge in [-0.15, -0.1) is 5.10 Å². The first kappa shape index (κ1) is 24.8. The van der Waals surface area contributed by atoms with E-state index < -0.39 is 0 Å². The zero-order valence-electron chi connectivity index (χ0n) is 22.9. The Morgan fingerprint density at radius 2 is 1.66 bits per heavy atom. The van der Waals surface area contributed by atoms with Gasteiger partial charge in [-0.25, -0.2) is 4.68 Å². The lowest BCUT2D eigenvalue weighted by atomic mass is 9.98. The number of hydrogen-bond donors (Lipinski definition) is 1. The van der Waals surface area contributed by atoms with Crippen LogP contribution in [0.15, 0.2) is 41.2 Å². The number of piperazine rings is 1. The molecule has 1 saturated carbocycles. The quantitative estimate of drug-likeness (QED) is 0.415. The molecule has 2 aromatic carbocycles. The average Bonchev–Trinajstić information content (AvgIpc) is 3.62. The SMILES string of the molecule is Cc1cccc(N2CCN([C@@H](c3cc4c(C)ccc(C)c4[nH]c3=O)c3nnnn3C3CCCC3)CC2)c1C. The van der Waals surface area contributed by atoms with Gasteiger partial charge < -0.3 is 9.88 Å². The first-order valence-corrected chi connectivity index (χ1v) is 13.9. The summed E-state index contributed by atoms with van der Waals surface area (Å²) in [6, 6.07) is 12.8. The number of aromatic nitrogens is 5. The Hall–Kier alpha value is -3.52. The number of H-pyrrole nitrogens is 1. The smallest absolute Gasteiger partial charge is 0.253 e. The molecule has 2 aliphatic rings. The molecule has 0 bridgehead atoms. The van der Waals surface area contributed by atoms with Crippen LogP contribution >= 0.6 is 0 Å². The van der Waals surface area contributed by atoms with Crippen molar-refractivity contribution in [1.29, 1.82) is 0 Å². The molecule has 8 heteroatoms. The van der Waals surface area contributed by atoms with Gasteiger partial charge in [0.2, 0.25) is 0 Å². The van der Waals surface area contributed by atoms with E-state index in [-0.39, 0.29) is 11.6 Å². The molecular formula is C30H37N7O. The Labute approximate surface area is 223 Å². The van der Waals surface area contributed by atoms with E-state index in [2.05, 4.69) is 87.5 Å².